The number of nitrogens with one attached hydrogen (secondary N) is 2. The molecule has 1 atom stereocenters. The topological polar surface area (TPSA) is 51.1 Å². The van der Waals surface area contributed by atoms with E-state index < -0.39 is 0 Å². The van der Waals surface area contributed by atoms with Gasteiger partial charge < -0.3 is 15.4 Å². The van der Waals surface area contributed by atoms with Gasteiger partial charge in [0, 0.05) is 56.8 Å². The van der Waals surface area contributed by atoms with Gasteiger partial charge in [-0.1, -0.05) is 24.3 Å². The number of hydrogen-bond donors (Lipinski definition) is 2. The molecule has 0 bridgehead atoms. The van der Waals surface area contributed by atoms with Crippen LogP contribution in [0.4, 0.5) is 5.82 Å². The first kappa shape index (κ1) is 16.6. The van der Waals surface area contributed by atoms with Gasteiger partial charge in [0.25, 0.3) is 0 Å². The van der Waals surface area contributed by atoms with Gasteiger partial charge in [0.1, 0.15) is 5.82 Å². The van der Waals surface area contributed by atoms with Crippen LogP contribution < -0.4 is 10.6 Å². The molecular weight excluding hydrogens is 312 g/mol. The molecule has 2 aliphatic rings. The van der Waals surface area contributed by atoms with E-state index in [1.807, 2.05) is 12.3 Å². The van der Waals surface area contributed by atoms with E-state index in [9.17, 15) is 0 Å². The Morgan fingerprint density at radius 3 is 2.96 bits per heavy atom. The van der Waals surface area contributed by atoms with Crippen LogP contribution >= 0.6 is 0 Å². The highest BCUT2D eigenvalue weighted by Crippen LogP contribution is 2.36. The van der Waals surface area contributed by atoms with Crippen LogP contribution in [0.2, 0.25) is 0 Å². The number of benzene rings is 1. The molecule has 2 aromatic rings. The molecular formula is C20H28N4O. The van der Waals surface area contributed by atoms with Crippen molar-refractivity contribution in [3.8, 4) is 0 Å². The molecule has 0 spiro atoms. The van der Waals surface area contributed by atoms with Crippen LogP contribution in [0.1, 0.15) is 24.0 Å². The highest BCUT2D eigenvalue weighted by molar-refractivity contribution is 5.36. The molecule has 1 aromatic heterocycles. The van der Waals surface area contributed by atoms with Crippen molar-refractivity contribution in [3.05, 3.63) is 47.7 Å². The fraction of sp³-hybridized carbons (Fsp3) is 0.550. The van der Waals surface area contributed by atoms with Crippen LogP contribution in [-0.2, 0) is 16.7 Å². The minimum absolute atomic E-state index is 0.197. The maximum absolute atomic E-state index is 5.66. The van der Waals surface area contributed by atoms with E-state index in [1.165, 1.54) is 11.1 Å². The normalized spacial score (nSPS) is 22.2. The third kappa shape index (κ3) is 3.44. The van der Waals surface area contributed by atoms with E-state index in [4.69, 9.17) is 4.74 Å². The Kier molecular flexibility index (Phi) is 4.77. The first-order chi connectivity index (χ1) is 12.3. The SMILES string of the molecule is Cc1ccccc1C1(CNCC2CNc3ccnn3C2)CCOCC1. The van der Waals surface area contributed by atoms with Gasteiger partial charge in [0.2, 0.25) is 0 Å². The highest BCUT2D eigenvalue weighted by Gasteiger charge is 2.35. The predicted octanol–water partition coefficient (Wildman–Crippen LogP) is 2.57. The van der Waals surface area contributed by atoms with Gasteiger partial charge in [0.15, 0.2) is 0 Å². The van der Waals surface area contributed by atoms with Crippen LogP contribution in [0.25, 0.3) is 0 Å². The summed E-state index contributed by atoms with van der Waals surface area (Å²) in [7, 11) is 0. The zero-order chi connectivity index (χ0) is 17.1. The Balaban J connectivity index is 1.41. The maximum Gasteiger partial charge on any atom is 0.124 e. The zero-order valence-corrected chi connectivity index (χ0v) is 15.0. The second-order valence-corrected chi connectivity index (χ2v) is 7.48. The molecule has 3 heterocycles. The Labute approximate surface area is 149 Å². The van der Waals surface area contributed by atoms with Crippen molar-refractivity contribution in [1.82, 2.24) is 15.1 Å². The van der Waals surface area contributed by atoms with Crippen molar-refractivity contribution in [2.24, 2.45) is 5.92 Å². The van der Waals surface area contributed by atoms with Crippen LogP contribution in [0.15, 0.2) is 36.5 Å². The zero-order valence-electron chi connectivity index (χ0n) is 15.0. The van der Waals surface area contributed by atoms with Gasteiger partial charge in [-0.05, 0) is 30.9 Å². The van der Waals surface area contributed by atoms with Crippen LogP contribution in [-0.4, -0.2) is 42.6 Å². The smallest absolute Gasteiger partial charge is 0.124 e. The number of ether oxygens (including phenoxy) is 1. The monoisotopic (exact) mass is 340 g/mol. The maximum atomic E-state index is 5.66. The van der Waals surface area contributed by atoms with Gasteiger partial charge in [-0.3, -0.25) is 0 Å². The van der Waals surface area contributed by atoms with E-state index in [1.54, 1.807) is 0 Å². The average molecular weight is 340 g/mol. The summed E-state index contributed by atoms with van der Waals surface area (Å²) < 4.78 is 7.73. The summed E-state index contributed by atoms with van der Waals surface area (Å²) in [6.07, 6.45) is 4.06. The molecule has 1 aromatic carbocycles. The second-order valence-electron chi connectivity index (χ2n) is 7.48. The number of anilines is 1. The molecule has 5 heteroatoms. The first-order valence-corrected chi connectivity index (χ1v) is 9.37. The van der Waals surface area contributed by atoms with Crippen molar-refractivity contribution in [2.45, 2.75) is 31.7 Å². The molecule has 25 heavy (non-hydrogen) atoms. The van der Waals surface area contributed by atoms with Gasteiger partial charge in [-0.15, -0.1) is 0 Å². The molecule has 0 amide bonds. The number of nitrogens with zero attached hydrogens (tertiary/aromatic N) is 2. The molecule has 0 radical (unpaired) electrons. The van der Waals surface area contributed by atoms with Crippen molar-refractivity contribution >= 4 is 5.82 Å². The Morgan fingerprint density at radius 1 is 1.28 bits per heavy atom. The number of aromatic nitrogens is 2. The standard InChI is InChI=1S/C20H28N4O/c1-16-4-2-3-5-18(16)20(7-10-25-11-8-20)15-21-12-17-13-22-19-6-9-23-24(19)14-17/h2-6,9,17,21-22H,7-8,10-15H2,1H3. The summed E-state index contributed by atoms with van der Waals surface area (Å²) in [5.74, 6) is 1.71. The lowest BCUT2D eigenvalue weighted by molar-refractivity contribution is 0.0493. The minimum atomic E-state index is 0.197. The quantitative estimate of drug-likeness (QED) is 0.878. The third-order valence-electron chi connectivity index (χ3n) is 5.78. The van der Waals surface area contributed by atoms with Crippen molar-refractivity contribution in [1.29, 1.82) is 0 Å². The van der Waals surface area contributed by atoms with Gasteiger partial charge in [-0.2, -0.15) is 5.10 Å². The Morgan fingerprint density at radius 2 is 2.12 bits per heavy atom. The fourth-order valence-corrected chi connectivity index (χ4v) is 4.31. The summed E-state index contributed by atoms with van der Waals surface area (Å²) >= 11 is 0. The molecule has 134 valence electrons. The average Bonchev–Trinajstić information content (AvgIpc) is 3.11. The highest BCUT2D eigenvalue weighted by atomic mass is 16.5. The van der Waals surface area contributed by atoms with E-state index in [0.29, 0.717) is 5.92 Å². The molecule has 2 N–H and O–H groups in total. The second kappa shape index (κ2) is 7.18. The van der Waals surface area contributed by atoms with Crippen molar-refractivity contribution in [3.63, 3.8) is 0 Å². The summed E-state index contributed by atoms with van der Waals surface area (Å²) in [6, 6.07) is 10.9. The first-order valence-electron chi connectivity index (χ1n) is 9.37. The summed E-state index contributed by atoms with van der Waals surface area (Å²) in [6.45, 7) is 7.98. The third-order valence-corrected chi connectivity index (χ3v) is 5.78. The number of aryl methyl sites for hydroxylation is 1. The number of rotatable bonds is 5. The van der Waals surface area contributed by atoms with Gasteiger partial charge in [-0.25, -0.2) is 4.68 Å². The lowest BCUT2D eigenvalue weighted by Gasteiger charge is -2.39. The molecule has 2 aliphatic heterocycles. The fourth-order valence-electron chi connectivity index (χ4n) is 4.31. The van der Waals surface area contributed by atoms with E-state index >= 15 is 0 Å². The summed E-state index contributed by atoms with van der Waals surface area (Å²) in [5, 5.41) is 11.6. The van der Waals surface area contributed by atoms with Crippen LogP contribution in [0, 0.1) is 12.8 Å². The van der Waals surface area contributed by atoms with Gasteiger partial charge >= 0.3 is 0 Å². The molecule has 1 saturated heterocycles. The predicted molar refractivity (Wildman–Crippen MR) is 100.0 cm³/mol. The summed E-state index contributed by atoms with van der Waals surface area (Å²) in [5.41, 5.74) is 3.08. The molecule has 0 aliphatic carbocycles. The molecule has 5 nitrogen and oxygen atoms in total. The lowest BCUT2D eigenvalue weighted by Crippen LogP contribution is -2.45. The van der Waals surface area contributed by atoms with Crippen molar-refractivity contribution in [2.75, 3.05) is 38.2 Å². The van der Waals surface area contributed by atoms with Crippen molar-refractivity contribution < 1.29 is 4.74 Å². The molecule has 0 saturated carbocycles. The lowest BCUT2D eigenvalue weighted by atomic mass is 9.72. The molecule has 1 unspecified atom stereocenters. The molecule has 4 rings (SSSR count). The van der Waals surface area contributed by atoms with E-state index in [-0.39, 0.29) is 5.41 Å². The van der Waals surface area contributed by atoms with E-state index in [0.717, 1.165) is 58.1 Å². The largest absolute Gasteiger partial charge is 0.381 e. The van der Waals surface area contributed by atoms with Crippen LogP contribution in [0.3, 0.4) is 0 Å². The van der Waals surface area contributed by atoms with E-state index in [2.05, 4.69) is 51.6 Å². The minimum Gasteiger partial charge on any atom is -0.381 e. The van der Waals surface area contributed by atoms with Crippen LogP contribution in [0.5, 0.6) is 0 Å². The molecule has 1 fully saturated rings. The van der Waals surface area contributed by atoms with Gasteiger partial charge in [0.05, 0.1) is 6.20 Å². The number of fused-ring (bicyclic) bond motifs is 1. The Bertz CT molecular complexity index is 705. The number of hydrogen-bond acceptors (Lipinski definition) is 4. The Hall–Kier alpha value is -1.85. The summed E-state index contributed by atoms with van der Waals surface area (Å²) in [4.78, 5) is 0.